The Morgan fingerprint density at radius 1 is 0.875 bits per heavy atom. The lowest BCUT2D eigenvalue weighted by molar-refractivity contribution is -0.288. The summed E-state index contributed by atoms with van der Waals surface area (Å²) in [5, 5.41) is 0. The first-order valence-corrected chi connectivity index (χ1v) is 8.56. The molecule has 0 aromatic heterocycles. The molecule has 0 saturated carbocycles. The van der Waals surface area contributed by atoms with E-state index in [2.05, 4.69) is 9.47 Å². The summed E-state index contributed by atoms with van der Waals surface area (Å²) in [7, 11) is 0. The minimum atomic E-state index is -5.97. The normalized spacial score (nSPS) is 14.1. The molecule has 2 aromatic carbocycles. The minimum Gasteiger partial charge on any atom is -0.392 e. The van der Waals surface area contributed by atoms with Crippen LogP contribution in [0.5, 0.6) is 0 Å². The van der Waals surface area contributed by atoms with E-state index in [4.69, 9.17) is 0 Å². The molecule has 0 saturated heterocycles. The monoisotopic (exact) mass is 460 g/mol. The highest BCUT2D eigenvalue weighted by Crippen LogP contribution is 2.56. The molecule has 6 nitrogen and oxygen atoms in total. The van der Waals surface area contributed by atoms with Crippen LogP contribution in [0.1, 0.15) is 47.8 Å². The van der Waals surface area contributed by atoms with E-state index >= 15 is 0 Å². The smallest absolute Gasteiger partial charge is 0.392 e. The number of esters is 3. The van der Waals surface area contributed by atoms with Crippen LogP contribution < -0.4 is 0 Å². The van der Waals surface area contributed by atoms with Gasteiger partial charge in [0.15, 0.2) is 0 Å². The third-order valence-corrected chi connectivity index (χ3v) is 4.96. The third-order valence-electron chi connectivity index (χ3n) is 4.96. The second-order valence-corrected chi connectivity index (χ2v) is 6.71. The van der Waals surface area contributed by atoms with Gasteiger partial charge >= 0.3 is 36.7 Å². The zero-order chi connectivity index (χ0) is 24.1. The molecule has 12 heteroatoms. The molecule has 0 amide bonds. The van der Waals surface area contributed by atoms with E-state index in [1.54, 1.807) is 0 Å². The number of hydrogen-bond donors (Lipinski definition) is 0. The fourth-order valence-electron chi connectivity index (χ4n) is 3.53. The van der Waals surface area contributed by atoms with Gasteiger partial charge in [0.1, 0.15) is 0 Å². The predicted molar refractivity (Wildman–Crippen MR) is 91.7 cm³/mol. The number of cyclic esters (lactones) is 2. The van der Waals surface area contributed by atoms with Gasteiger partial charge < -0.3 is 9.47 Å². The quantitative estimate of drug-likeness (QED) is 0.297. The summed E-state index contributed by atoms with van der Waals surface area (Å²) in [5.41, 5.74) is -9.29. The largest absolute Gasteiger partial charge is 0.411 e. The Morgan fingerprint density at radius 3 is 1.94 bits per heavy atom. The van der Waals surface area contributed by atoms with Crippen molar-refractivity contribution in [3.8, 4) is 0 Å². The van der Waals surface area contributed by atoms with Gasteiger partial charge in [-0.3, -0.25) is 4.79 Å². The van der Waals surface area contributed by atoms with Crippen LogP contribution in [0.2, 0.25) is 0 Å². The summed E-state index contributed by atoms with van der Waals surface area (Å²) in [5.74, 6) is -3.85. The van der Waals surface area contributed by atoms with Gasteiger partial charge in [-0.1, -0.05) is 18.2 Å². The molecule has 0 bridgehead atoms. The van der Waals surface area contributed by atoms with Crippen molar-refractivity contribution >= 4 is 24.4 Å². The highest BCUT2D eigenvalue weighted by Gasteiger charge is 2.72. The maximum atomic E-state index is 14.2. The van der Waals surface area contributed by atoms with Gasteiger partial charge in [0.2, 0.25) is 5.41 Å². The van der Waals surface area contributed by atoms with E-state index in [1.165, 1.54) is 0 Å². The number of aryl methyl sites for hydroxylation is 1. The van der Waals surface area contributed by atoms with Crippen LogP contribution >= 0.6 is 0 Å². The molecule has 0 radical (unpaired) electrons. The molecule has 168 valence electrons. The SMILES string of the molecule is Cc1cc(C(c2ccc3c(c2)C(=O)OC3=O)(C(F)(F)F)C(F)(F)F)ccc1C(=O)OC=O. The number of halogens is 6. The maximum absolute atomic E-state index is 14.2. The highest BCUT2D eigenvalue weighted by atomic mass is 19.4. The Morgan fingerprint density at radius 2 is 1.41 bits per heavy atom. The predicted octanol–water partition coefficient (Wildman–Crippen LogP) is 4.03. The van der Waals surface area contributed by atoms with Crippen molar-refractivity contribution in [1.29, 1.82) is 0 Å². The lowest BCUT2D eigenvalue weighted by Gasteiger charge is -2.38. The van der Waals surface area contributed by atoms with Gasteiger partial charge in [0, 0.05) is 0 Å². The summed E-state index contributed by atoms with van der Waals surface area (Å²) >= 11 is 0. The van der Waals surface area contributed by atoms with Crippen LogP contribution in [0.4, 0.5) is 26.3 Å². The van der Waals surface area contributed by atoms with Gasteiger partial charge in [0.05, 0.1) is 16.7 Å². The molecule has 0 spiro atoms. The Hall–Kier alpha value is -3.70. The van der Waals surface area contributed by atoms with Crippen molar-refractivity contribution in [3.05, 3.63) is 69.8 Å². The average molecular weight is 460 g/mol. The minimum absolute atomic E-state index is 0.240. The molecule has 1 aliphatic heterocycles. The molecule has 0 aliphatic carbocycles. The summed E-state index contributed by atoms with van der Waals surface area (Å²) in [6.07, 6.45) is -11.9. The van der Waals surface area contributed by atoms with Crippen molar-refractivity contribution in [2.45, 2.75) is 24.7 Å². The number of fused-ring (bicyclic) bond motifs is 1. The van der Waals surface area contributed by atoms with Crippen molar-refractivity contribution in [1.82, 2.24) is 0 Å². The Labute approximate surface area is 174 Å². The first-order chi connectivity index (χ1) is 14.8. The number of ether oxygens (including phenoxy) is 2. The second kappa shape index (κ2) is 7.46. The Balaban J connectivity index is 2.34. The average Bonchev–Trinajstić information content (AvgIpc) is 2.94. The summed E-state index contributed by atoms with van der Waals surface area (Å²) in [6.45, 7) is 0.817. The lowest BCUT2D eigenvalue weighted by Crippen LogP contribution is -2.55. The summed E-state index contributed by atoms with van der Waals surface area (Å²) < 4.78 is 93.8. The molecule has 2 aromatic rings. The molecule has 0 fully saturated rings. The zero-order valence-corrected chi connectivity index (χ0v) is 15.8. The number of alkyl halides is 6. The van der Waals surface area contributed by atoms with Crippen molar-refractivity contribution < 1.29 is 55.0 Å². The Bertz CT molecular complexity index is 1130. The van der Waals surface area contributed by atoms with Crippen LogP contribution in [0, 0.1) is 6.92 Å². The van der Waals surface area contributed by atoms with Crippen LogP contribution in [-0.2, 0) is 19.7 Å². The van der Waals surface area contributed by atoms with E-state index in [1.807, 2.05) is 0 Å². The molecule has 0 unspecified atom stereocenters. The van der Waals surface area contributed by atoms with Crippen LogP contribution in [0.15, 0.2) is 36.4 Å². The molecule has 32 heavy (non-hydrogen) atoms. The van der Waals surface area contributed by atoms with Crippen molar-refractivity contribution in [2.24, 2.45) is 0 Å². The number of rotatable bonds is 4. The molecule has 1 aliphatic rings. The van der Waals surface area contributed by atoms with Crippen LogP contribution in [0.25, 0.3) is 0 Å². The van der Waals surface area contributed by atoms with E-state index in [0.717, 1.165) is 6.92 Å². The first kappa shape index (κ1) is 23.0. The molecule has 0 N–H and O–H groups in total. The van der Waals surface area contributed by atoms with E-state index < -0.39 is 63.5 Å². The van der Waals surface area contributed by atoms with Gasteiger partial charge in [-0.05, 0) is 41.8 Å². The fourth-order valence-corrected chi connectivity index (χ4v) is 3.53. The maximum Gasteiger partial charge on any atom is 0.411 e. The summed E-state index contributed by atoms with van der Waals surface area (Å²) in [6, 6.07) is 2.96. The lowest BCUT2D eigenvalue weighted by atomic mass is 9.71. The van der Waals surface area contributed by atoms with Crippen molar-refractivity contribution in [2.75, 3.05) is 0 Å². The standard InChI is InChI=1S/C20H10F6O6/c1-9-6-10(2-4-12(9)15(28)31-8-27)18(19(21,22)23,20(24,25)26)11-3-5-13-14(7-11)17(30)32-16(13)29/h2-8H,1H3. The molecular weight excluding hydrogens is 450 g/mol. The molecule has 3 rings (SSSR count). The van der Waals surface area contributed by atoms with Gasteiger partial charge in [-0.15, -0.1) is 0 Å². The molecule has 1 heterocycles. The fraction of sp³-hybridized carbons (Fsp3) is 0.200. The topological polar surface area (TPSA) is 86.7 Å². The van der Waals surface area contributed by atoms with Gasteiger partial charge in [-0.25, -0.2) is 14.4 Å². The van der Waals surface area contributed by atoms with Crippen LogP contribution in [0.3, 0.4) is 0 Å². The van der Waals surface area contributed by atoms with Crippen LogP contribution in [-0.4, -0.2) is 36.7 Å². The van der Waals surface area contributed by atoms with Crippen molar-refractivity contribution in [3.63, 3.8) is 0 Å². The zero-order valence-electron chi connectivity index (χ0n) is 15.8. The van der Waals surface area contributed by atoms with Gasteiger partial charge in [-0.2, -0.15) is 26.3 Å². The molecule has 0 atom stereocenters. The highest BCUT2D eigenvalue weighted by molar-refractivity contribution is 6.14. The number of carbonyl (C=O) groups excluding carboxylic acids is 4. The molecular formula is C20H10F6O6. The van der Waals surface area contributed by atoms with E-state index in [0.29, 0.717) is 36.4 Å². The number of carbonyl (C=O) groups is 4. The van der Waals surface area contributed by atoms with E-state index in [-0.39, 0.29) is 12.0 Å². The van der Waals surface area contributed by atoms with E-state index in [9.17, 15) is 45.5 Å². The Kier molecular flexibility index (Phi) is 5.36. The third kappa shape index (κ3) is 3.31. The second-order valence-electron chi connectivity index (χ2n) is 6.71. The number of hydrogen-bond acceptors (Lipinski definition) is 6. The number of benzene rings is 2. The van der Waals surface area contributed by atoms with Gasteiger partial charge in [0.25, 0.3) is 0 Å². The first-order valence-electron chi connectivity index (χ1n) is 8.56. The summed E-state index contributed by atoms with van der Waals surface area (Å²) in [4.78, 5) is 45.3.